The summed E-state index contributed by atoms with van der Waals surface area (Å²) in [5.74, 6) is -0.862. The summed E-state index contributed by atoms with van der Waals surface area (Å²) < 4.78 is 0. The van der Waals surface area contributed by atoms with Gasteiger partial charge in [-0.05, 0) is 18.4 Å². The molecule has 1 saturated heterocycles. The van der Waals surface area contributed by atoms with E-state index >= 15 is 0 Å². The first-order chi connectivity index (χ1) is 14.0. The number of Topliss-reactive ketones (excluding diaryl/α,β-unsaturated/α-hetero) is 2. The highest BCUT2D eigenvalue weighted by Gasteiger charge is 2.56. The van der Waals surface area contributed by atoms with Crippen LogP contribution in [0.2, 0.25) is 0 Å². The highest BCUT2D eigenvalue weighted by Crippen LogP contribution is 2.48. The third-order valence-electron chi connectivity index (χ3n) is 5.89. The Kier molecular flexibility index (Phi) is 4.62. The van der Waals surface area contributed by atoms with E-state index in [4.69, 9.17) is 0 Å². The van der Waals surface area contributed by atoms with Gasteiger partial charge in [0.15, 0.2) is 11.6 Å². The molecule has 2 aliphatic rings. The van der Waals surface area contributed by atoms with E-state index < -0.39 is 10.5 Å². The molecule has 1 fully saturated rings. The number of nitro benzene ring substituents is 1. The largest absolute Gasteiger partial charge is 0.363 e. The zero-order chi connectivity index (χ0) is 20.6. The van der Waals surface area contributed by atoms with Crippen molar-refractivity contribution >= 4 is 17.3 Å². The highest BCUT2D eigenvalue weighted by atomic mass is 16.6. The second-order valence-corrected chi connectivity index (χ2v) is 7.35. The Bertz CT molecular complexity index is 1030. The van der Waals surface area contributed by atoms with E-state index in [0.29, 0.717) is 18.5 Å². The van der Waals surface area contributed by atoms with Crippen molar-refractivity contribution in [3.8, 4) is 0 Å². The summed E-state index contributed by atoms with van der Waals surface area (Å²) in [6, 6.07) is 15.0. The number of carbonyl (C=O) groups is 2. The zero-order valence-corrected chi connectivity index (χ0v) is 15.8. The fraction of sp³-hybridized carbons (Fsp3) is 0.217. The van der Waals surface area contributed by atoms with Gasteiger partial charge in [0.2, 0.25) is 0 Å². The molecule has 0 N–H and O–H groups in total. The summed E-state index contributed by atoms with van der Waals surface area (Å²) in [4.78, 5) is 39.0. The summed E-state index contributed by atoms with van der Waals surface area (Å²) in [5, 5.41) is 11.0. The maximum atomic E-state index is 13.6. The molecule has 0 unspecified atom stereocenters. The summed E-state index contributed by atoms with van der Waals surface area (Å²) in [6.07, 6.45) is 4.82. The van der Waals surface area contributed by atoms with E-state index in [9.17, 15) is 19.7 Å². The van der Waals surface area contributed by atoms with Crippen LogP contribution in [0, 0.1) is 10.1 Å². The third kappa shape index (κ3) is 2.88. The van der Waals surface area contributed by atoms with Gasteiger partial charge in [0.05, 0.1) is 10.5 Å². The summed E-state index contributed by atoms with van der Waals surface area (Å²) >= 11 is 0. The van der Waals surface area contributed by atoms with Crippen molar-refractivity contribution in [2.24, 2.45) is 0 Å². The molecule has 2 aromatic rings. The Morgan fingerprint density at radius 1 is 1.17 bits per heavy atom. The molecular formula is C23H20N2O4. The topological polar surface area (TPSA) is 80.5 Å². The number of nitrogens with zero attached hydrogens (tertiary/aromatic N) is 2. The minimum Gasteiger partial charge on any atom is -0.363 e. The first-order valence-corrected chi connectivity index (χ1v) is 9.49. The van der Waals surface area contributed by atoms with E-state index in [1.54, 1.807) is 48.7 Å². The number of rotatable bonds is 6. The number of nitro groups is 1. The van der Waals surface area contributed by atoms with E-state index in [1.807, 2.05) is 11.0 Å². The maximum Gasteiger partial charge on any atom is 0.269 e. The molecule has 6 heteroatoms. The predicted molar refractivity (Wildman–Crippen MR) is 109 cm³/mol. The molecule has 0 saturated carbocycles. The number of carbonyl (C=O) groups excluding carboxylic acids is 2. The summed E-state index contributed by atoms with van der Waals surface area (Å²) in [5.41, 5.74) is 0.525. The molecule has 2 atom stereocenters. The van der Waals surface area contributed by atoms with Gasteiger partial charge in [0.1, 0.15) is 5.54 Å². The van der Waals surface area contributed by atoms with Gasteiger partial charge in [0, 0.05) is 36.4 Å². The van der Waals surface area contributed by atoms with Crippen LogP contribution in [0.15, 0.2) is 79.0 Å². The SMILES string of the molecule is C=C[C@H](c1ccc([N+](=O)[O-])cc1)[C@@]12CCCN1C=C(C(=O)c1ccccc1)C2=O. The smallest absolute Gasteiger partial charge is 0.269 e. The van der Waals surface area contributed by atoms with Crippen molar-refractivity contribution in [3.63, 3.8) is 0 Å². The molecule has 0 radical (unpaired) electrons. The Hall–Kier alpha value is -3.54. The number of hydrogen-bond donors (Lipinski definition) is 0. The van der Waals surface area contributed by atoms with E-state index in [0.717, 1.165) is 12.0 Å². The lowest BCUT2D eigenvalue weighted by atomic mass is 9.73. The molecule has 2 aliphatic heterocycles. The van der Waals surface area contributed by atoms with Crippen LogP contribution in [0.1, 0.15) is 34.7 Å². The van der Waals surface area contributed by atoms with Crippen LogP contribution in [0.4, 0.5) is 5.69 Å². The van der Waals surface area contributed by atoms with Crippen LogP contribution < -0.4 is 0 Å². The molecule has 2 aromatic carbocycles. The summed E-state index contributed by atoms with van der Waals surface area (Å²) in [7, 11) is 0. The lowest BCUT2D eigenvalue weighted by Gasteiger charge is -2.38. The average molecular weight is 388 g/mol. The van der Waals surface area contributed by atoms with Gasteiger partial charge >= 0.3 is 0 Å². The van der Waals surface area contributed by atoms with Crippen LogP contribution in [0.25, 0.3) is 0 Å². The highest BCUT2D eigenvalue weighted by molar-refractivity contribution is 6.30. The van der Waals surface area contributed by atoms with Gasteiger partial charge in [-0.1, -0.05) is 48.5 Å². The number of benzene rings is 2. The standard InChI is InChI=1S/C23H20N2O4/c1-2-20(16-9-11-18(12-10-16)25(28)29)23-13-6-14-24(23)15-19(22(23)27)21(26)17-7-4-3-5-8-17/h2-5,7-12,15,20H,1,6,13-14H2/t20-,23-/m1/s1. The number of hydrogen-bond acceptors (Lipinski definition) is 5. The Labute approximate surface area is 168 Å². The molecule has 0 aliphatic carbocycles. The maximum absolute atomic E-state index is 13.6. The average Bonchev–Trinajstić information content (AvgIpc) is 3.27. The first-order valence-electron chi connectivity index (χ1n) is 9.49. The van der Waals surface area contributed by atoms with Crippen molar-refractivity contribution < 1.29 is 14.5 Å². The Balaban J connectivity index is 1.72. The van der Waals surface area contributed by atoms with Crippen molar-refractivity contribution in [2.75, 3.05) is 6.54 Å². The fourth-order valence-corrected chi connectivity index (χ4v) is 4.53. The normalized spacial score (nSPS) is 21.4. The second-order valence-electron chi connectivity index (χ2n) is 7.35. The van der Waals surface area contributed by atoms with Gasteiger partial charge in [0.25, 0.3) is 5.69 Å². The van der Waals surface area contributed by atoms with Crippen molar-refractivity contribution in [1.29, 1.82) is 0 Å². The number of fused-ring (bicyclic) bond motifs is 1. The molecule has 6 nitrogen and oxygen atoms in total. The van der Waals surface area contributed by atoms with Crippen LogP contribution in [-0.2, 0) is 4.79 Å². The van der Waals surface area contributed by atoms with Gasteiger partial charge in [-0.25, -0.2) is 0 Å². The third-order valence-corrected chi connectivity index (χ3v) is 5.89. The van der Waals surface area contributed by atoms with E-state index in [-0.39, 0.29) is 28.7 Å². The quantitative estimate of drug-likeness (QED) is 0.245. The molecule has 29 heavy (non-hydrogen) atoms. The predicted octanol–water partition coefficient (Wildman–Crippen LogP) is 4.05. The number of non-ortho nitro benzene ring substituents is 1. The first kappa shape index (κ1) is 18.8. The van der Waals surface area contributed by atoms with Crippen molar-refractivity contribution in [3.05, 3.63) is 100 Å². The van der Waals surface area contributed by atoms with Crippen LogP contribution in [0.3, 0.4) is 0 Å². The minimum absolute atomic E-state index is 0.00634. The Morgan fingerprint density at radius 2 is 1.86 bits per heavy atom. The monoisotopic (exact) mass is 388 g/mol. The lowest BCUT2D eigenvalue weighted by molar-refractivity contribution is -0.384. The second kappa shape index (κ2) is 7.13. The molecule has 0 amide bonds. The molecule has 0 aromatic heterocycles. The molecule has 146 valence electrons. The van der Waals surface area contributed by atoms with Crippen LogP contribution >= 0.6 is 0 Å². The van der Waals surface area contributed by atoms with E-state index in [2.05, 4.69) is 6.58 Å². The molecule has 2 heterocycles. The van der Waals surface area contributed by atoms with Gasteiger partial charge in [-0.2, -0.15) is 0 Å². The van der Waals surface area contributed by atoms with Gasteiger partial charge in [-0.15, -0.1) is 6.58 Å². The van der Waals surface area contributed by atoms with Gasteiger partial charge < -0.3 is 4.90 Å². The minimum atomic E-state index is -0.905. The van der Waals surface area contributed by atoms with Crippen LogP contribution in [-0.4, -0.2) is 33.5 Å². The summed E-state index contributed by atoms with van der Waals surface area (Å²) in [6.45, 7) is 4.61. The molecule has 0 bridgehead atoms. The molecular weight excluding hydrogens is 368 g/mol. The van der Waals surface area contributed by atoms with E-state index in [1.165, 1.54) is 12.1 Å². The number of ketones is 2. The molecule has 0 spiro atoms. The van der Waals surface area contributed by atoms with Crippen molar-refractivity contribution in [1.82, 2.24) is 4.90 Å². The van der Waals surface area contributed by atoms with Gasteiger partial charge in [-0.3, -0.25) is 19.7 Å². The van der Waals surface area contributed by atoms with Crippen molar-refractivity contribution in [2.45, 2.75) is 24.3 Å². The Morgan fingerprint density at radius 3 is 2.48 bits per heavy atom. The van der Waals surface area contributed by atoms with Crippen LogP contribution in [0.5, 0.6) is 0 Å². The lowest BCUT2D eigenvalue weighted by Crippen LogP contribution is -2.49. The molecule has 4 rings (SSSR count). The zero-order valence-electron chi connectivity index (χ0n) is 15.8. The fourth-order valence-electron chi connectivity index (χ4n) is 4.53.